The summed E-state index contributed by atoms with van der Waals surface area (Å²) in [5, 5.41) is 19.6. The van der Waals surface area contributed by atoms with E-state index >= 15 is 0 Å². The fourth-order valence-corrected chi connectivity index (χ4v) is 4.26. The highest BCUT2D eigenvalue weighted by atomic mass is 79.9. The highest BCUT2D eigenvalue weighted by Gasteiger charge is 2.39. The zero-order valence-electron chi connectivity index (χ0n) is 15.8. The molecule has 0 aliphatic heterocycles. The average molecular weight is 444 g/mol. The van der Waals surface area contributed by atoms with Gasteiger partial charge in [0.1, 0.15) is 12.4 Å². The highest BCUT2D eigenvalue weighted by molar-refractivity contribution is 9.10. The van der Waals surface area contributed by atoms with Crippen LogP contribution < -0.4 is 4.74 Å². The Morgan fingerprint density at radius 2 is 2.00 bits per heavy atom. The van der Waals surface area contributed by atoms with Crippen molar-refractivity contribution in [3.63, 3.8) is 0 Å². The third kappa shape index (κ3) is 3.05. The number of carbonyl (C=O) groups is 1. The van der Waals surface area contributed by atoms with E-state index in [1.54, 1.807) is 12.1 Å². The van der Waals surface area contributed by atoms with Gasteiger partial charge in [0.2, 0.25) is 0 Å². The summed E-state index contributed by atoms with van der Waals surface area (Å²) in [6, 6.07) is 11.3. The number of benzene rings is 2. The van der Waals surface area contributed by atoms with Crippen molar-refractivity contribution in [2.24, 2.45) is 0 Å². The lowest BCUT2D eigenvalue weighted by Crippen LogP contribution is -2.30. The lowest BCUT2D eigenvalue weighted by Gasteiger charge is -2.32. The second-order valence-electron chi connectivity index (χ2n) is 7.70. The molecular formula is C22H22BrNO4. The van der Waals surface area contributed by atoms with Gasteiger partial charge in [0.25, 0.3) is 0 Å². The number of aliphatic hydroxyl groups excluding tert-OH is 2. The average Bonchev–Trinajstić information content (AvgIpc) is 3.04. The van der Waals surface area contributed by atoms with Crippen LogP contribution >= 0.6 is 15.9 Å². The summed E-state index contributed by atoms with van der Waals surface area (Å²) < 4.78 is 6.65. The molecule has 0 spiro atoms. The lowest BCUT2D eigenvalue weighted by atomic mass is 9.71. The minimum absolute atomic E-state index is 0.00441. The minimum atomic E-state index is -0.727. The highest BCUT2D eigenvalue weighted by Crippen LogP contribution is 2.44. The quantitative estimate of drug-likeness (QED) is 0.557. The fourth-order valence-electron chi connectivity index (χ4n) is 3.90. The first-order chi connectivity index (χ1) is 13.3. The normalized spacial score (nSPS) is 16.0. The summed E-state index contributed by atoms with van der Waals surface area (Å²) in [6.45, 7) is 4.19. The van der Waals surface area contributed by atoms with Crippen LogP contribution in [-0.2, 0) is 5.41 Å². The van der Waals surface area contributed by atoms with Crippen LogP contribution in [0.4, 0.5) is 0 Å². The van der Waals surface area contributed by atoms with Crippen molar-refractivity contribution in [2.75, 3.05) is 13.2 Å². The first-order valence-electron chi connectivity index (χ1n) is 9.25. The van der Waals surface area contributed by atoms with Crippen molar-refractivity contribution in [1.29, 1.82) is 0 Å². The summed E-state index contributed by atoms with van der Waals surface area (Å²) in [5.74, 6) is 0.601. The molecule has 28 heavy (non-hydrogen) atoms. The van der Waals surface area contributed by atoms with Crippen LogP contribution in [0, 0.1) is 0 Å². The molecule has 1 unspecified atom stereocenters. The Morgan fingerprint density at radius 1 is 1.21 bits per heavy atom. The van der Waals surface area contributed by atoms with Gasteiger partial charge in [-0.05, 0) is 42.3 Å². The molecule has 3 N–H and O–H groups in total. The number of nitrogens with one attached hydrogen (secondary N) is 1. The van der Waals surface area contributed by atoms with E-state index in [4.69, 9.17) is 9.84 Å². The predicted octanol–water partition coefficient (Wildman–Crippen LogP) is 3.92. The number of hydrogen-bond donors (Lipinski definition) is 3. The topological polar surface area (TPSA) is 82.5 Å². The number of aromatic nitrogens is 1. The van der Waals surface area contributed by atoms with E-state index in [0.29, 0.717) is 11.3 Å². The zero-order valence-corrected chi connectivity index (χ0v) is 17.3. The van der Waals surface area contributed by atoms with Crippen LogP contribution in [-0.4, -0.2) is 40.3 Å². The van der Waals surface area contributed by atoms with E-state index in [0.717, 1.165) is 32.2 Å². The Morgan fingerprint density at radius 3 is 2.75 bits per heavy atom. The fraction of sp³-hybridized carbons (Fsp3) is 0.318. The minimum Gasteiger partial charge on any atom is -0.491 e. The van der Waals surface area contributed by atoms with Gasteiger partial charge in [-0.2, -0.15) is 0 Å². The van der Waals surface area contributed by atoms with Crippen molar-refractivity contribution in [3.05, 3.63) is 63.3 Å². The monoisotopic (exact) mass is 443 g/mol. The van der Waals surface area contributed by atoms with Crippen molar-refractivity contribution < 1.29 is 19.7 Å². The van der Waals surface area contributed by atoms with Gasteiger partial charge in [-0.1, -0.05) is 35.8 Å². The maximum absolute atomic E-state index is 13.3. The van der Waals surface area contributed by atoms with Crippen LogP contribution in [0.3, 0.4) is 0 Å². The molecule has 4 rings (SSSR count). The first-order valence-corrected chi connectivity index (χ1v) is 10.0. The van der Waals surface area contributed by atoms with E-state index in [1.165, 1.54) is 0 Å². The summed E-state index contributed by atoms with van der Waals surface area (Å²) >= 11 is 3.49. The van der Waals surface area contributed by atoms with Crippen LogP contribution in [0.25, 0.3) is 10.9 Å². The second-order valence-corrected chi connectivity index (χ2v) is 8.62. The number of H-pyrrole nitrogens is 1. The molecule has 5 nitrogen and oxygen atoms in total. The number of halogens is 1. The molecule has 0 radical (unpaired) electrons. The molecule has 146 valence electrons. The largest absolute Gasteiger partial charge is 0.491 e. The number of ketones is 1. The smallest absolute Gasteiger partial charge is 0.195 e. The standard InChI is InChI=1S/C22H22BrNO4/c1-22(2)17-10-14(28-11-13(26)7-8-25)4-6-15(17)20(27)19-16-5-3-12(23)9-18(16)24-21(19)22/h3-6,9-10,13,24-26H,7-8,11H2,1-2H3. The molecule has 0 bridgehead atoms. The first kappa shape index (κ1) is 19.2. The Hall–Kier alpha value is -2.15. The van der Waals surface area contributed by atoms with Gasteiger partial charge in [0, 0.05) is 38.7 Å². The molecule has 0 saturated carbocycles. The third-order valence-corrected chi connectivity index (χ3v) is 5.92. The van der Waals surface area contributed by atoms with Crippen molar-refractivity contribution in [1.82, 2.24) is 4.98 Å². The van der Waals surface area contributed by atoms with Crippen LogP contribution in [0.5, 0.6) is 5.75 Å². The summed E-state index contributed by atoms with van der Waals surface area (Å²) in [4.78, 5) is 16.7. The number of rotatable bonds is 5. The maximum atomic E-state index is 13.3. The van der Waals surface area contributed by atoms with Gasteiger partial charge in [-0.15, -0.1) is 0 Å². The Labute approximate surface area is 171 Å². The summed E-state index contributed by atoms with van der Waals surface area (Å²) in [7, 11) is 0. The molecule has 3 aromatic rings. The number of hydrogen-bond acceptors (Lipinski definition) is 4. The molecule has 0 fully saturated rings. The number of carbonyl (C=O) groups excluding carboxylic acids is 1. The Bertz CT molecular complexity index is 1070. The Balaban J connectivity index is 1.77. The van der Waals surface area contributed by atoms with E-state index in [9.17, 15) is 9.90 Å². The third-order valence-electron chi connectivity index (χ3n) is 5.43. The van der Waals surface area contributed by atoms with Crippen LogP contribution in [0.15, 0.2) is 40.9 Å². The SMILES string of the molecule is CC1(C)c2cc(OCC(O)CCO)ccc2C(=O)c2c1[nH]c1cc(Br)ccc21. The second kappa shape index (κ2) is 7.03. The number of fused-ring (bicyclic) bond motifs is 4. The molecular weight excluding hydrogens is 422 g/mol. The molecule has 2 aromatic carbocycles. The van der Waals surface area contributed by atoms with E-state index in [2.05, 4.69) is 34.8 Å². The summed E-state index contributed by atoms with van der Waals surface area (Å²) in [5.41, 5.74) is 3.71. The number of ether oxygens (including phenoxy) is 1. The van der Waals surface area contributed by atoms with Crippen LogP contribution in [0.2, 0.25) is 0 Å². The Kier molecular flexibility index (Phi) is 4.81. The van der Waals surface area contributed by atoms with Crippen molar-refractivity contribution in [2.45, 2.75) is 31.8 Å². The van der Waals surface area contributed by atoms with E-state index in [-0.39, 0.29) is 25.4 Å². The zero-order chi connectivity index (χ0) is 20.1. The summed E-state index contributed by atoms with van der Waals surface area (Å²) in [6.07, 6.45) is -0.461. The van der Waals surface area contributed by atoms with Crippen LogP contribution in [0.1, 0.15) is 47.4 Å². The van der Waals surface area contributed by atoms with Crippen molar-refractivity contribution >= 4 is 32.6 Å². The molecule has 1 aromatic heterocycles. The van der Waals surface area contributed by atoms with Gasteiger partial charge in [-0.25, -0.2) is 0 Å². The maximum Gasteiger partial charge on any atom is 0.195 e. The van der Waals surface area contributed by atoms with Gasteiger partial charge in [0.05, 0.1) is 11.7 Å². The molecule has 1 heterocycles. The van der Waals surface area contributed by atoms with Gasteiger partial charge < -0.3 is 19.9 Å². The molecule has 1 aliphatic rings. The molecule has 0 saturated heterocycles. The molecule has 1 aliphatic carbocycles. The predicted molar refractivity (Wildman–Crippen MR) is 111 cm³/mol. The molecule has 0 amide bonds. The van der Waals surface area contributed by atoms with Gasteiger partial charge in [0.15, 0.2) is 5.78 Å². The van der Waals surface area contributed by atoms with E-state index < -0.39 is 11.5 Å². The van der Waals surface area contributed by atoms with Gasteiger partial charge in [-0.3, -0.25) is 4.79 Å². The number of aliphatic hydroxyl groups is 2. The molecule has 6 heteroatoms. The van der Waals surface area contributed by atoms with Gasteiger partial charge >= 0.3 is 0 Å². The lowest BCUT2D eigenvalue weighted by molar-refractivity contribution is 0.0820. The van der Waals surface area contributed by atoms with Crippen molar-refractivity contribution in [3.8, 4) is 5.75 Å². The molecule has 1 atom stereocenters. The number of aromatic amines is 1. The van der Waals surface area contributed by atoms with E-state index in [1.807, 2.05) is 24.3 Å².